The molecule has 0 unspecified atom stereocenters. The average Bonchev–Trinajstić information content (AvgIpc) is 2.98. The van der Waals surface area contributed by atoms with Gasteiger partial charge in [0.05, 0.1) is 18.3 Å². The maximum atomic E-state index is 14.5. The molecule has 0 radical (unpaired) electrons. The van der Waals surface area contributed by atoms with E-state index in [0.29, 0.717) is 17.9 Å². The van der Waals surface area contributed by atoms with E-state index in [1.807, 2.05) is 25.8 Å². The zero-order chi connectivity index (χ0) is 24.0. The van der Waals surface area contributed by atoms with E-state index in [-0.39, 0.29) is 29.5 Å². The number of alkyl halides is 3. The smallest absolute Gasteiger partial charge is 0.433 e. The van der Waals surface area contributed by atoms with Gasteiger partial charge in [-0.1, -0.05) is 6.07 Å². The molecule has 0 bridgehead atoms. The lowest BCUT2D eigenvalue weighted by atomic mass is 10.1. The maximum absolute atomic E-state index is 14.5. The molecule has 0 saturated carbocycles. The highest BCUT2D eigenvalue weighted by Gasteiger charge is 2.35. The summed E-state index contributed by atoms with van der Waals surface area (Å²) in [7, 11) is 1.88. The Morgan fingerprint density at radius 1 is 1.15 bits per heavy atom. The minimum absolute atomic E-state index is 0.0410. The summed E-state index contributed by atoms with van der Waals surface area (Å²) < 4.78 is 64.7. The number of hydrogen-bond acceptors (Lipinski definition) is 6. The lowest BCUT2D eigenvalue weighted by molar-refractivity contribution is -0.141. The van der Waals surface area contributed by atoms with Crippen molar-refractivity contribution >= 4 is 5.82 Å². The van der Waals surface area contributed by atoms with Gasteiger partial charge in [0, 0.05) is 13.1 Å². The van der Waals surface area contributed by atoms with Crippen molar-refractivity contribution in [2.24, 2.45) is 0 Å². The number of ether oxygens (including phenoxy) is 2. The predicted octanol–water partition coefficient (Wildman–Crippen LogP) is 4.40. The predicted molar refractivity (Wildman–Crippen MR) is 111 cm³/mol. The number of fused-ring (bicyclic) bond motifs is 1. The highest BCUT2D eigenvalue weighted by molar-refractivity contribution is 5.48. The molecule has 3 heterocycles. The van der Waals surface area contributed by atoms with Crippen molar-refractivity contribution in [1.29, 1.82) is 0 Å². The van der Waals surface area contributed by atoms with Crippen LogP contribution in [0.1, 0.15) is 25.1 Å². The van der Waals surface area contributed by atoms with Crippen LogP contribution in [0.5, 0.6) is 17.4 Å². The molecule has 1 aromatic carbocycles. The van der Waals surface area contributed by atoms with Gasteiger partial charge in [-0.3, -0.25) is 4.57 Å². The van der Waals surface area contributed by atoms with E-state index in [1.54, 1.807) is 10.6 Å². The van der Waals surface area contributed by atoms with Crippen molar-refractivity contribution in [3.8, 4) is 17.4 Å². The normalized spacial score (nSPS) is 14.8. The van der Waals surface area contributed by atoms with Crippen molar-refractivity contribution in [3.63, 3.8) is 0 Å². The Balaban J connectivity index is 1.44. The van der Waals surface area contributed by atoms with Gasteiger partial charge in [0.25, 0.3) is 0 Å². The molecule has 0 spiro atoms. The van der Waals surface area contributed by atoms with Crippen molar-refractivity contribution in [2.45, 2.75) is 38.7 Å². The van der Waals surface area contributed by atoms with E-state index >= 15 is 0 Å². The minimum Gasteiger partial charge on any atom is -0.473 e. The Kier molecular flexibility index (Phi) is 5.51. The van der Waals surface area contributed by atoms with E-state index in [0.717, 1.165) is 18.3 Å². The first kappa shape index (κ1) is 22.6. The first-order chi connectivity index (χ1) is 15.4. The van der Waals surface area contributed by atoms with E-state index in [2.05, 4.69) is 9.97 Å². The Labute approximate surface area is 186 Å². The van der Waals surface area contributed by atoms with Crippen LogP contribution in [-0.4, -0.2) is 27.1 Å². The lowest BCUT2D eigenvalue weighted by Crippen LogP contribution is -2.38. The fourth-order valence-corrected chi connectivity index (χ4v) is 3.39. The Morgan fingerprint density at radius 3 is 2.55 bits per heavy atom. The van der Waals surface area contributed by atoms with Crippen molar-refractivity contribution in [3.05, 3.63) is 70.2 Å². The fraction of sp³-hybridized carbons (Fsp3) is 0.318. The fourth-order valence-electron chi connectivity index (χ4n) is 3.39. The molecular formula is C22H20F4N4O3. The molecule has 1 aliphatic rings. The van der Waals surface area contributed by atoms with E-state index in [4.69, 9.17) is 9.47 Å². The molecule has 11 heteroatoms. The maximum Gasteiger partial charge on any atom is 0.433 e. The average molecular weight is 464 g/mol. The van der Waals surface area contributed by atoms with Crippen molar-refractivity contribution < 1.29 is 27.0 Å². The van der Waals surface area contributed by atoms with Gasteiger partial charge in [-0.05, 0) is 43.7 Å². The molecule has 0 atom stereocenters. The number of nitrogens with zero attached hydrogens (tertiary/aromatic N) is 4. The molecule has 2 aromatic heterocycles. The highest BCUT2D eigenvalue weighted by Crippen LogP contribution is 2.32. The molecule has 1 aliphatic heterocycles. The molecule has 174 valence electrons. The summed E-state index contributed by atoms with van der Waals surface area (Å²) in [5, 5.41) is 0. The Morgan fingerprint density at radius 2 is 1.91 bits per heavy atom. The van der Waals surface area contributed by atoms with Crippen LogP contribution in [0.25, 0.3) is 0 Å². The third-order valence-electron chi connectivity index (χ3n) is 5.40. The van der Waals surface area contributed by atoms with Crippen molar-refractivity contribution in [1.82, 2.24) is 14.5 Å². The van der Waals surface area contributed by atoms with Crippen molar-refractivity contribution in [2.75, 3.05) is 11.9 Å². The molecular weight excluding hydrogens is 444 g/mol. The highest BCUT2D eigenvalue weighted by atomic mass is 19.4. The van der Waals surface area contributed by atoms with Gasteiger partial charge in [0.2, 0.25) is 5.88 Å². The summed E-state index contributed by atoms with van der Waals surface area (Å²) in [6.07, 6.45) is -3.70. The van der Waals surface area contributed by atoms with Gasteiger partial charge in [-0.25, -0.2) is 14.2 Å². The second kappa shape index (κ2) is 8.05. The third kappa shape index (κ3) is 4.62. The number of likely N-dealkylation sites (N-methyl/N-ethyl adjacent to an activating group) is 1. The second-order valence-electron chi connectivity index (χ2n) is 8.23. The number of halogens is 4. The number of hydrogen-bond donors (Lipinski definition) is 0. The standard InChI is InChI=1S/C22H20F4N4O3/c1-21(2)12-30-19(29(21)3)9-18(28-20(30)31)32-11-13-4-6-16(15(23)8-13)33-14-5-7-17(27-10-14)22(24,25)26/h4-10H,11-12H2,1-3H3. The van der Waals surface area contributed by atoms with Gasteiger partial charge in [-0.2, -0.15) is 18.2 Å². The van der Waals surface area contributed by atoms with E-state index in [9.17, 15) is 22.4 Å². The Bertz CT molecular complexity index is 1240. The summed E-state index contributed by atoms with van der Waals surface area (Å²) in [5.41, 5.74) is -1.30. The quantitative estimate of drug-likeness (QED) is 0.522. The van der Waals surface area contributed by atoms with Gasteiger partial charge in [-0.15, -0.1) is 0 Å². The van der Waals surface area contributed by atoms with Gasteiger partial charge in [0.1, 0.15) is 23.9 Å². The zero-order valence-electron chi connectivity index (χ0n) is 18.0. The molecule has 0 saturated heterocycles. The third-order valence-corrected chi connectivity index (χ3v) is 5.40. The minimum atomic E-state index is -4.57. The zero-order valence-corrected chi connectivity index (χ0v) is 18.0. The topological polar surface area (TPSA) is 69.5 Å². The van der Waals surface area contributed by atoms with Crippen LogP contribution in [0.2, 0.25) is 0 Å². The van der Waals surface area contributed by atoms with Crippen LogP contribution in [-0.2, 0) is 19.3 Å². The van der Waals surface area contributed by atoms with Crippen LogP contribution < -0.4 is 20.1 Å². The summed E-state index contributed by atoms with van der Waals surface area (Å²) in [6.45, 7) is 4.47. The summed E-state index contributed by atoms with van der Waals surface area (Å²) in [6, 6.07) is 7.49. The summed E-state index contributed by atoms with van der Waals surface area (Å²) in [5.74, 6) is -0.166. The number of aromatic nitrogens is 3. The van der Waals surface area contributed by atoms with Crippen LogP contribution in [0.3, 0.4) is 0 Å². The first-order valence-electron chi connectivity index (χ1n) is 9.92. The first-order valence-corrected chi connectivity index (χ1v) is 9.92. The lowest BCUT2D eigenvalue weighted by Gasteiger charge is -2.28. The largest absolute Gasteiger partial charge is 0.473 e. The monoisotopic (exact) mass is 464 g/mol. The molecule has 0 fully saturated rings. The van der Waals surface area contributed by atoms with Crippen LogP contribution in [0, 0.1) is 5.82 Å². The van der Waals surface area contributed by atoms with Crippen LogP contribution in [0.15, 0.2) is 47.4 Å². The summed E-state index contributed by atoms with van der Waals surface area (Å²) >= 11 is 0. The molecule has 0 N–H and O–H groups in total. The molecule has 4 rings (SSSR count). The number of benzene rings is 1. The SMILES string of the molecule is CN1c2cc(OCc3ccc(Oc4ccc(C(F)(F)F)nc4)c(F)c3)nc(=O)n2CC1(C)C. The van der Waals surface area contributed by atoms with E-state index < -0.39 is 23.4 Å². The molecule has 33 heavy (non-hydrogen) atoms. The number of rotatable bonds is 5. The van der Waals surface area contributed by atoms with Gasteiger partial charge in [0.15, 0.2) is 11.6 Å². The van der Waals surface area contributed by atoms with Gasteiger partial charge < -0.3 is 14.4 Å². The second-order valence-corrected chi connectivity index (χ2v) is 8.23. The number of anilines is 1. The number of pyridine rings is 1. The molecule has 0 amide bonds. The molecule has 3 aromatic rings. The van der Waals surface area contributed by atoms with Gasteiger partial charge >= 0.3 is 11.9 Å². The Hall–Kier alpha value is -3.63. The van der Waals surface area contributed by atoms with E-state index in [1.165, 1.54) is 18.2 Å². The van der Waals surface area contributed by atoms with Crippen LogP contribution in [0.4, 0.5) is 23.4 Å². The summed E-state index contributed by atoms with van der Waals surface area (Å²) in [4.78, 5) is 21.5. The molecule has 0 aliphatic carbocycles. The molecule has 7 nitrogen and oxygen atoms in total. The van der Waals surface area contributed by atoms with Crippen LogP contribution >= 0.6 is 0 Å².